The van der Waals surface area contributed by atoms with Crippen LogP contribution in [0.5, 0.6) is 0 Å². The van der Waals surface area contributed by atoms with E-state index in [1.54, 1.807) is 18.2 Å². The Bertz CT molecular complexity index is 771. The molecule has 0 aromatic heterocycles. The topological polar surface area (TPSA) is 101 Å². The normalized spacial score (nSPS) is 19.8. The van der Waals surface area contributed by atoms with Crippen LogP contribution in [0.15, 0.2) is 18.2 Å². The number of hydrogen-bond donors (Lipinski definition) is 1. The molecule has 1 aromatic carbocycles. The maximum Gasteiger partial charge on any atom is 0.262 e. The number of carbonyl (C=O) groups is 5. The van der Waals surface area contributed by atoms with Gasteiger partial charge in [0.25, 0.3) is 11.8 Å². The lowest BCUT2D eigenvalue weighted by Crippen LogP contribution is -2.54. The number of benzene rings is 1. The molecule has 0 radical (unpaired) electrons. The number of hydrogen-bond acceptors (Lipinski definition) is 5. The van der Waals surface area contributed by atoms with E-state index in [4.69, 9.17) is 0 Å². The van der Waals surface area contributed by atoms with Gasteiger partial charge in [-0.1, -0.05) is 12.1 Å². The van der Waals surface area contributed by atoms with Gasteiger partial charge in [0.05, 0.1) is 11.1 Å². The highest BCUT2D eigenvalue weighted by atomic mass is 16.2. The number of amides is 4. The van der Waals surface area contributed by atoms with E-state index in [9.17, 15) is 24.0 Å². The molecule has 2 heterocycles. The van der Waals surface area contributed by atoms with Crippen LogP contribution in [0.1, 0.15) is 58.4 Å². The number of fused-ring (bicyclic) bond motifs is 1. The van der Waals surface area contributed by atoms with Crippen LogP contribution >= 0.6 is 0 Å². The molecule has 1 N–H and O–H groups in total. The van der Waals surface area contributed by atoms with Crippen LogP contribution in [0.25, 0.3) is 0 Å². The predicted octanol–water partition coefficient (Wildman–Crippen LogP) is 1.000. The van der Waals surface area contributed by atoms with Crippen LogP contribution < -0.4 is 5.32 Å². The number of piperidine rings is 1. The van der Waals surface area contributed by atoms with E-state index in [-0.39, 0.29) is 12.8 Å². The molecule has 2 aliphatic heterocycles. The first-order chi connectivity index (χ1) is 12.0. The third-order valence-corrected chi connectivity index (χ3v) is 4.57. The molecule has 0 saturated carbocycles. The molecular weight excluding hydrogens is 324 g/mol. The molecular formula is C18H18N2O5. The van der Waals surface area contributed by atoms with Gasteiger partial charge in [-0.15, -0.1) is 0 Å². The largest absolute Gasteiger partial charge is 0.303 e. The monoisotopic (exact) mass is 342 g/mol. The predicted molar refractivity (Wildman–Crippen MR) is 86.7 cm³/mol. The van der Waals surface area contributed by atoms with Gasteiger partial charge in [0, 0.05) is 12.8 Å². The Hall–Kier alpha value is -2.83. The number of carbonyl (C=O) groups excluding carboxylic acids is 5. The second-order valence-electron chi connectivity index (χ2n) is 6.20. The summed E-state index contributed by atoms with van der Waals surface area (Å²) in [4.78, 5) is 60.2. The van der Waals surface area contributed by atoms with E-state index in [0.717, 1.165) is 23.2 Å². The third kappa shape index (κ3) is 3.09. The van der Waals surface area contributed by atoms with Gasteiger partial charge in [0.1, 0.15) is 12.3 Å². The van der Waals surface area contributed by atoms with Gasteiger partial charge < -0.3 is 4.79 Å². The Kier molecular flexibility index (Phi) is 4.74. The average molecular weight is 342 g/mol. The minimum absolute atomic E-state index is 0.0996. The standard InChI is InChI=1S/C18H18N2O5/c21-10-3-1-2-5-11-6-4-7-12-15(11)18(25)20(17(12)24)13-8-9-14(22)19-16(13)23/h4,6-7,10,13H,1-3,5,8-9H2,(H,19,22,23). The van der Waals surface area contributed by atoms with Gasteiger partial charge in [0.2, 0.25) is 11.8 Å². The van der Waals surface area contributed by atoms with E-state index in [2.05, 4.69) is 5.32 Å². The lowest BCUT2D eigenvalue weighted by molar-refractivity contribution is -0.136. The van der Waals surface area contributed by atoms with E-state index in [1.165, 1.54) is 0 Å². The zero-order valence-electron chi connectivity index (χ0n) is 13.6. The lowest BCUT2D eigenvalue weighted by Gasteiger charge is -2.27. The first-order valence-electron chi connectivity index (χ1n) is 8.31. The van der Waals surface area contributed by atoms with Gasteiger partial charge >= 0.3 is 0 Å². The van der Waals surface area contributed by atoms with Crippen LogP contribution in [0.4, 0.5) is 0 Å². The summed E-state index contributed by atoms with van der Waals surface area (Å²) in [5, 5.41) is 2.18. The molecule has 2 aliphatic rings. The van der Waals surface area contributed by atoms with E-state index >= 15 is 0 Å². The first-order valence-corrected chi connectivity index (χ1v) is 8.31. The van der Waals surface area contributed by atoms with Crippen LogP contribution in [0.3, 0.4) is 0 Å². The summed E-state index contributed by atoms with van der Waals surface area (Å²) in [6.07, 6.45) is 3.59. The minimum Gasteiger partial charge on any atom is -0.303 e. The van der Waals surface area contributed by atoms with Gasteiger partial charge in [0.15, 0.2) is 0 Å². The molecule has 7 heteroatoms. The molecule has 7 nitrogen and oxygen atoms in total. The maximum atomic E-state index is 12.8. The fraction of sp³-hybridized carbons (Fsp3) is 0.389. The molecule has 1 unspecified atom stereocenters. The second kappa shape index (κ2) is 6.96. The summed E-state index contributed by atoms with van der Waals surface area (Å²) in [6.45, 7) is 0. The highest BCUT2D eigenvalue weighted by molar-refractivity contribution is 6.24. The molecule has 1 fully saturated rings. The second-order valence-corrected chi connectivity index (χ2v) is 6.20. The van der Waals surface area contributed by atoms with Gasteiger partial charge in [-0.2, -0.15) is 0 Å². The zero-order chi connectivity index (χ0) is 18.0. The van der Waals surface area contributed by atoms with Crippen molar-refractivity contribution in [3.05, 3.63) is 34.9 Å². The fourth-order valence-electron chi connectivity index (χ4n) is 3.34. The number of rotatable bonds is 6. The molecule has 0 aliphatic carbocycles. The Morgan fingerprint density at radius 1 is 1.12 bits per heavy atom. The Morgan fingerprint density at radius 3 is 2.64 bits per heavy atom. The smallest absolute Gasteiger partial charge is 0.262 e. The molecule has 4 amide bonds. The average Bonchev–Trinajstić information content (AvgIpc) is 2.84. The number of imide groups is 2. The van der Waals surface area contributed by atoms with Crippen LogP contribution in [-0.4, -0.2) is 40.9 Å². The van der Waals surface area contributed by atoms with Crippen molar-refractivity contribution in [1.29, 1.82) is 0 Å². The first kappa shape index (κ1) is 17.0. The molecule has 3 rings (SSSR count). The maximum absolute atomic E-state index is 12.8. The van der Waals surface area contributed by atoms with Crippen molar-refractivity contribution in [3.63, 3.8) is 0 Å². The van der Waals surface area contributed by atoms with Crippen LogP contribution in [0, 0.1) is 0 Å². The summed E-state index contributed by atoms with van der Waals surface area (Å²) in [7, 11) is 0. The number of aldehydes is 1. The summed E-state index contributed by atoms with van der Waals surface area (Å²) < 4.78 is 0. The van der Waals surface area contributed by atoms with Crippen LogP contribution in [0.2, 0.25) is 0 Å². The number of nitrogens with zero attached hydrogens (tertiary/aromatic N) is 1. The van der Waals surface area contributed by atoms with Crippen LogP contribution in [-0.2, 0) is 20.8 Å². The number of unbranched alkanes of at least 4 members (excludes halogenated alkanes) is 2. The van der Waals surface area contributed by atoms with Crippen molar-refractivity contribution in [1.82, 2.24) is 10.2 Å². The zero-order valence-corrected chi connectivity index (χ0v) is 13.6. The van der Waals surface area contributed by atoms with Crippen molar-refractivity contribution >= 4 is 29.9 Å². The Labute approximate surface area is 144 Å². The van der Waals surface area contributed by atoms with Gasteiger partial charge in [-0.3, -0.25) is 29.4 Å². The molecule has 25 heavy (non-hydrogen) atoms. The number of aryl methyl sites for hydroxylation is 1. The molecule has 0 spiro atoms. The van der Waals surface area contributed by atoms with Crippen molar-refractivity contribution in [2.45, 2.75) is 44.6 Å². The van der Waals surface area contributed by atoms with Crippen molar-refractivity contribution < 1.29 is 24.0 Å². The van der Waals surface area contributed by atoms with E-state index in [0.29, 0.717) is 30.4 Å². The van der Waals surface area contributed by atoms with Gasteiger partial charge in [-0.25, -0.2) is 0 Å². The van der Waals surface area contributed by atoms with E-state index < -0.39 is 29.7 Å². The van der Waals surface area contributed by atoms with Crippen molar-refractivity contribution in [2.24, 2.45) is 0 Å². The molecule has 1 saturated heterocycles. The third-order valence-electron chi connectivity index (χ3n) is 4.57. The molecule has 1 aromatic rings. The summed E-state index contributed by atoms with van der Waals surface area (Å²) in [5.74, 6) is -1.99. The lowest BCUT2D eigenvalue weighted by atomic mass is 9.98. The SMILES string of the molecule is O=CCCCCc1cccc2c1C(=O)N(C1CCC(=O)NC1=O)C2=O. The molecule has 1 atom stereocenters. The molecule has 130 valence electrons. The van der Waals surface area contributed by atoms with Crippen molar-refractivity contribution in [2.75, 3.05) is 0 Å². The fourth-order valence-corrected chi connectivity index (χ4v) is 3.34. The van der Waals surface area contributed by atoms with Gasteiger partial charge in [-0.05, 0) is 37.3 Å². The quantitative estimate of drug-likeness (QED) is 0.472. The highest BCUT2D eigenvalue weighted by Crippen LogP contribution is 2.30. The van der Waals surface area contributed by atoms with E-state index in [1.807, 2.05) is 0 Å². The Morgan fingerprint density at radius 2 is 1.92 bits per heavy atom. The number of nitrogens with one attached hydrogen (secondary N) is 1. The minimum atomic E-state index is -0.951. The summed E-state index contributed by atoms with van der Waals surface area (Å²) >= 11 is 0. The summed E-state index contributed by atoms with van der Waals surface area (Å²) in [6, 6.07) is 4.13. The highest BCUT2D eigenvalue weighted by Gasteiger charge is 2.45. The Balaban J connectivity index is 1.85. The van der Waals surface area contributed by atoms with Crippen molar-refractivity contribution in [3.8, 4) is 0 Å². The summed E-state index contributed by atoms with van der Waals surface area (Å²) in [5.41, 5.74) is 1.38. The molecule has 0 bridgehead atoms.